The molecule has 1 aliphatic heterocycles. The summed E-state index contributed by atoms with van der Waals surface area (Å²) in [6, 6.07) is 11.7. The van der Waals surface area contributed by atoms with Crippen LogP contribution < -0.4 is 9.47 Å². The largest absolute Gasteiger partial charge is 0.493 e. The molecule has 0 radical (unpaired) electrons. The minimum absolute atomic E-state index is 0.243. The van der Waals surface area contributed by atoms with Crippen molar-refractivity contribution in [3.63, 3.8) is 0 Å². The Morgan fingerprint density at radius 3 is 2.78 bits per heavy atom. The van der Waals surface area contributed by atoms with Crippen LogP contribution in [0.1, 0.15) is 24.3 Å². The summed E-state index contributed by atoms with van der Waals surface area (Å²) >= 11 is 0. The first-order chi connectivity index (χ1) is 15.7. The van der Waals surface area contributed by atoms with E-state index in [-0.39, 0.29) is 24.4 Å². The van der Waals surface area contributed by atoms with E-state index >= 15 is 0 Å². The van der Waals surface area contributed by atoms with Crippen LogP contribution in [-0.2, 0) is 17.9 Å². The third kappa shape index (κ3) is 3.69. The summed E-state index contributed by atoms with van der Waals surface area (Å²) in [6.45, 7) is 3.11. The molecule has 0 spiro atoms. The predicted octanol–water partition coefficient (Wildman–Crippen LogP) is 3.81. The van der Waals surface area contributed by atoms with Crippen molar-refractivity contribution in [1.29, 1.82) is 0 Å². The lowest BCUT2D eigenvalue weighted by atomic mass is 10.1. The van der Waals surface area contributed by atoms with Gasteiger partial charge in [-0.15, -0.1) is 5.10 Å². The first-order valence-electron chi connectivity index (χ1n) is 10.1. The second-order valence-corrected chi connectivity index (χ2v) is 7.14. The molecule has 4 aromatic rings. The van der Waals surface area contributed by atoms with Crippen molar-refractivity contribution in [2.24, 2.45) is 0 Å². The van der Waals surface area contributed by atoms with E-state index in [1.165, 1.54) is 12.1 Å². The van der Waals surface area contributed by atoms with Crippen molar-refractivity contribution in [3.8, 4) is 34.5 Å². The number of ether oxygens (including phenoxy) is 3. The molecule has 1 aliphatic rings. The van der Waals surface area contributed by atoms with Crippen LogP contribution in [0.4, 0.5) is 4.39 Å². The number of halogens is 1. The average molecular weight is 437 g/mol. The molecule has 0 saturated carbocycles. The lowest BCUT2D eigenvalue weighted by molar-refractivity contribution is -0.00120. The van der Waals surface area contributed by atoms with Gasteiger partial charge in [0, 0.05) is 5.56 Å². The van der Waals surface area contributed by atoms with Crippen LogP contribution in [-0.4, -0.2) is 38.9 Å². The molecule has 0 saturated heterocycles. The summed E-state index contributed by atoms with van der Waals surface area (Å²) in [5.41, 5.74) is 2.81. The molecule has 32 heavy (non-hydrogen) atoms. The van der Waals surface area contributed by atoms with Crippen molar-refractivity contribution in [1.82, 2.24) is 25.1 Å². The van der Waals surface area contributed by atoms with Gasteiger partial charge in [0.15, 0.2) is 17.2 Å². The SMILES string of the molecule is CCOc1cc(-c2noc(-c3nnn4c3CO[C@@H](c3ccc(F)cc3)C4)n2)ccc1OC. The van der Waals surface area contributed by atoms with Crippen LogP contribution in [0.25, 0.3) is 23.0 Å². The van der Waals surface area contributed by atoms with E-state index in [0.29, 0.717) is 36.2 Å². The number of nitrogens with zero attached hydrogens (tertiary/aromatic N) is 5. The standard InChI is InChI=1S/C22H20FN5O4/c1-3-30-18-10-14(6-9-17(18)29-2)21-24-22(32-26-21)20-16-12-31-19(11-28(16)27-25-20)13-4-7-15(23)8-5-13/h4-10,19H,3,11-12H2,1-2H3/t19-/m1/s1. The molecule has 0 fully saturated rings. The zero-order chi connectivity index (χ0) is 22.1. The van der Waals surface area contributed by atoms with E-state index in [9.17, 15) is 4.39 Å². The fraction of sp³-hybridized carbons (Fsp3) is 0.273. The molecule has 5 rings (SSSR count). The van der Waals surface area contributed by atoms with Crippen molar-refractivity contribution in [2.75, 3.05) is 13.7 Å². The molecule has 0 unspecified atom stereocenters. The van der Waals surface area contributed by atoms with Gasteiger partial charge in [0.25, 0.3) is 5.89 Å². The summed E-state index contributed by atoms with van der Waals surface area (Å²) in [5, 5.41) is 12.5. The number of aromatic nitrogens is 5. The van der Waals surface area contributed by atoms with E-state index in [4.69, 9.17) is 18.7 Å². The van der Waals surface area contributed by atoms with Gasteiger partial charge in [0.2, 0.25) is 5.82 Å². The van der Waals surface area contributed by atoms with Gasteiger partial charge in [-0.2, -0.15) is 4.98 Å². The van der Waals surface area contributed by atoms with Crippen LogP contribution in [0, 0.1) is 5.82 Å². The number of rotatable bonds is 6. The summed E-state index contributed by atoms with van der Waals surface area (Å²) in [4.78, 5) is 4.49. The second kappa shape index (κ2) is 8.39. The summed E-state index contributed by atoms with van der Waals surface area (Å²) in [6.07, 6.45) is -0.243. The molecule has 164 valence electrons. The number of hydrogen-bond acceptors (Lipinski definition) is 8. The van der Waals surface area contributed by atoms with Gasteiger partial charge in [-0.3, -0.25) is 0 Å². The molecular formula is C22H20FN5O4. The van der Waals surface area contributed by atoms with Crippen molar-refractivity contribution < 1.29 is 23.1 Å². The number of hydrogen-bond donors (Lipinski definition) is 0. The second-order valence-electron chi connectivity index (χ2n) is 7.14. The zero-order valence-corrected chi connectivity index (χ0v) is 17.5. The third-order valence-electron chi connectivity index (χ3n) is 5.19. The Hall–Kier alpha value is -3.79. The molecular weight excluding hydrogens is 417 g/mol. The average Bonchev–Trinajstić information content (AvgIpc) is 3.46. The maximum absolute atomic E-state index is 13.2. The van der Waals surface area contributed by atoms with Crippen molar-refractivity contribution >= 4 is 0 Å². The molecule has 0 aliphatic carbocycles. The Morgan fingerprint density at radius 2 is 2.00 bits per heavy atom. The normalized spacial score (nSPS) is 15.4. The molecule has 10 heteroatoms. The minimum atomic E-state index is -0.286. The molecule has 0 amide bonds. The van der Waals surface area contributed by atoms with Gasteiger partial charge >= 0.3 is 0 Å². The van der Waals surface area contributed by atoms with Gasteiger partial charge in [-0.1, -0.05) is 22.5 Å². The minimum Gasteiger partial charge on any atom is -0.493 e. The molecule has 1 atom stereocenters. The quantitative estimate of drug-likeness (QED) is 0.449. The van der Waals surface area contributed by atoms with Crippen molar-refractivity contribution in [3.05, 3.63) is 59.5 Å². The number of methoxy groups -OCH3 is 1. The smallest absolute Gasteiger partial charge is 0.280 e. The Bertz CT molecular complexity index is 1240. The Labute approximate surface area is 182 Å². The van der Waals surface area contributed by atoms with Crippen LogP contribution in [0.5, 0.6) is 11.5 Å². The van der Waals surface area contributed by atoms with Crippen molar-refractivity contribution in [2.45, 2.75) is 26.2 Å². The first kappa shape index (κ1) is 20.1. The van der Waals surface area contributed by atoms with Gasteiger partial charge < -0.3 is 18.7 Å². The lowest BCUT2D eigenvalue weighted by Gasteiger charge is -2.24. The fourth-order valence-electron chi connectivity index (χ4n) is 3.58. The highest BCUT2D eigenvalue weighted by atomic mass is 19.1. The molecule has 2 aromatic carbocycles. The van der Waals surface area contributed by atoms with E-state index in [0.717, 1.165) is 16.8 Å². The number of benzene rings is 2. The van der Waals surface area contributed by atoms with Gasteiger partial charge in [0.1, 0.15) is 11.9 Å². The van der Waals surface area contributed by atoms with Crippen LogP contribution >= 0.6 is 0 Å². The topological polar surface area (TPSA) is 97.3 Å². The third-order valence-corrected chi connectivity index (χ3v) is 5.19. The van der Waals surface area contributed by atoms with E-state index < -0.39 is 0 Å². The molecule has 0 bridgehead atoms. The summed E-state index contributed by atoms with van der Waals surface area (Å²) in [7, 11) is 1.58. The summed E-state index contributed by atoms with van der Waals surface area (Å²) in [5.74, 6) is 1.58. The van der Waals surface area contributed by atoms with Crippen LogP contribution in [0.2, 0.25) is 0 Å². The Balaban J connectivity index is 1.39. The maximum Gasteiger partial charge on any atom is 0.280 e. The molecule has 3 heterocycles. The first-order valence-corrected chi connectivity index (χ1v) is 10.1. The lowest BCUT2D eigenvalue weighted by Crippen LogP contribution is -2.22. The van der Waals surface area contributed by atoms with Crippen LogP contribution in [0.3, 0.4) is 0 Å². The Kier molecular flexibility index (Phi) is 5.28. The highest BCUT2D eigenvalue weighted by Crippen LogP contribution is 2.34. The maximum atomic E-state index is 13.2. The van der Waals surface area contributed by atoms with Gasteiger partial charge in [-0.25, -0.2) is 9.07 Å². The van der Waals surface area contributed by atoms with E-state index in [2.05, 4.69) is 20.5 Å². The highest BCUT2D eigenvalue weighted by Gasteiger charge is 2.28. The Morgan fingerprint density at radius 1 is 1.16 bits per heavy atom. The van der Waals surface area contributed by atoms with Gasteiger partial charge in [0.05, 0.1) is 32.6 Å². The fourth-order valence-corrected chi connectivity index (χ4v) is 3.58. The van der Waals surface area contributed by atoms with E-state index in [1.54, 1.807) is 36.1 Å². The van der Waals surface area contributed by atoms with Gasteiger partial charge in [-0.05, 0) is 42.8 Å². The van der Waals surface area contributed by atoms with Crippen LogP contribution in [0.15, 0.2) is 47.0 Å². The predicted molar refractivity (Wildman–Crippen MR) is 110 cm³/mol. The molecule has 2 aromatic heterocycles. The molecule has 0 N–H and O–H groups in total. The monoisotopic (exact) mass is 437 g/mol. The number of fused-ring (bicyclic) bond motifs is 1. The zero-order valence-electron chi connectivity index (χ0n) is 17.5. The summed E-state index contributed by atoms with van der Waals surface area (Å²) < 4.78 is 37.3. The molecule has 9 nitrogen and oxygen atoms in total. The van der Waals surface area contributed by atoms with E-state index in [1.807, 2.05) is 13.0 Å². The highest BCUT2D eigenvalue weighted by molar-refractivity contribution is 5.63.